The lowest BCUT2D eigenvalue weighted by molar-refractivity contribution is 0.173. The van der Waals surface area contributed by atoms with Crippen LogP contribution in [0.2, 0.25) is 0 Å². The molecule has 0 fully saturated rings. The Balaban J connectivity index is 1.66. The van der Waals surface area contributed by atoms with Crippen molar-refractivity contribution in [2.24, 2.45) is 0 Å². The second kappa shape index (κ2) is 5.99. The van der Waals surface area contributed by atoms with Crippen molar-refractivity contribution in [3.63, 3.8) is 0 Å². The molecular weight excluding hydrogens is 344 g/mol. The van der Waals surface area contributed by atoms with Gasteiger partial charge in [0, 0.05) is 18.7 Å². The lowest BCUT2D eigenvalue weighted by Crippen LogP contribution is -2.14. The Kier molecular flexibility index (Phi) is 4.07. The molecule has 0 aromatic heterocycles. The highest BCUT2D eigenvalue weighted by Crippen LogP contribution is 2.39. The van der Waals surface area contributed by atoms with Gasteiger partial charge in [-0.2, -0.15) is 0 Å². The van der Waals surface area contributed by atoms with Crippen molar-refractivity contribution in [2.45, 2.75) is 13.1 Å². The van der Waals surface area contributed by atoms with Crippen LogP contribution in [-0.4, -0.2) is 6.79 Å². The molecule has 2 aromatic carbocycles. The second-order valence-corrected chi connectivity index (χ2v) is 5.51. The molecule has 1 aliphatic heterocycles. The van der Waals surface area contributed by atoms with Crippen molar-refractivity contribution in [1.29, 1.82) is 0 Å². The highest BCUT2D eigenvalue weighted by molar-refractivity contribution is 9.10. The van der Waals surface area contributed by atoms with Crippen LogP contribution in [0, 0.1) is 11.6 Å². The van der Waals surface area contributed by atoms with Gasteiger partial charge in [0.25, 0.3) is 0 Å². The molecule has 0 aliphatic carbocycles. The molecule has 1 N–H and O–H groups in total. The van der Waals surface area contributed by atoms with Crippen LogP contribution in [-0.2, 0) is 13.1 Å². The number of halogens is 3. The molecule has 110 valence electrons. The van der Waals surface area contributed by atoms with Gasteiger partial charge in [-0.15, -0.1) is 0 Å². The van der Waals surface area contributed by atoms with Gasteiger partial charge in [-0.3, -0.25) is 0 Å². The lowest BCUT2D eigenvalue weighted by atomic mass is 10.1. The molecule has 0 amide bonds. The lowest BCUT2D eigenvalue weighted by Gasteiger charge is -2.08. The monoisotopic (exact) mass is 355 g/mol. The Morgan fingerprint density at radius 2 is 1.95 bits per heavy atom. The molecular formula is C15H12BrF2NO2. The van der Waals surface area contributed by atoms with Gasteiger partial charge in [0.05, 0.1) is 4.47 Å². The zero-order chi connectivity index (χ0) is 14.8. The van der Waals surface area contributed by atoms with Crippen molar-refractivity contribution in [3.05, 3.63) is 57.6 Å². The quantitative estimate of drug-likeness (QED) is 0.905. The molecule has 1 heterocycles. The molecule has 3 nitrogen and oxygen atoms in total. The summed E-state index contributed by atoms with van der Waals surface area (Å²) in [4.78, 5) is 0. The third-order valence-electron chi connectivity index (χ3n) is 3.14. The van der Waals surface area contributed by atoms with E-state index < -0.39 is 11.6 Å². The van der Waals surface area contributed by atoms with E-state index >= 15 is 0 Å². The summed E-state index contributed by atoms with van der Waals surface area (Å²) < 4.78 is 38.0. The molecule has 6 heteroatoms. The first-order chi connectivity index (χ1) is 10.1. The summed E-state index contributed by atoms with van der Waals surface area (Å²) in [5, 5.41) is 3.08. The number of fused-ring (bicyclic) bond motifs is 1. The minimum Gasteiger partial charge on any atom is -0.454 e. The number of benzene rings is 2. The number of ether oxygens (including phenoxy) is 2. The van der Waals surface area contributed by atoms with Crippen molar-refractivity contribution in [3.8, 4) is 11.5 Å². The van der Waals surface area contributed by atoms with Gasteiger partial charge in [0.1, 0.15) is 11.6 Å². The first-order valence-electron chi connectivity index (χ1n) is 6.36. The fourth-order valence-electron chi connectivity index (χ4n) is 2.14. The van der Waals surface area contributed by atoms with Crippen LogP contribution in [0.3, 0.4) is 0 Å². The highest BCUT2D eigenvalue weighted by atomic mass is 79.9. The van der Waals surface area contributed by atoms with E-state index in [-0.39, 0.29) is 13.3 Å². The van der Waals surface area contributed by atoms with Gasteiger partial charge in [-0.05, 0) is 51.8 Å². The van der Waals surface area contributed by atoms with Crippen LogP contribution >= 0.6 is 15.9 Å². The van der Waals surface area contributed by atoms with E-state index in [2.05, 4.69) is 21.2 Å². The smallest absolute Gasteiger partial charge is 0.231 e. The van der Waals surface area contributed by atoms with Crippen molar-refractivity contribution in [2.75, 3.05) is 6.79 Å². The molecule has 0 atom stereocenters. The fraction of sp³-hybridized carbons (Fsp3) is 0.200. The minimum atomic E-state index is -0.445. The van der Waals surface area contributed by atoms with E-state index in [1.165, 1.54) is 6.07 Å². The van der Waals surface area contributed by atoms with Gasteiger partial charge in [-0.25, -0.2) is 8.78 Å². The molecule has 2 aromatic rings. The summed E-state index contributed by atoms with van der Waals surface area (Å²) in [5.74, 6) is 0.503. The Labute approximate surface area is 129 Å². The molecule has 1 aliphatic rings. The summed E-state index contributed by atoms with van der Waals surface area (Å²) in [5.41, 5.74) is 1.26. The molecule has 0 spiro atoms. The third-order valence-corrected chi connectivity index (χ3v) is 3.73. The van der Waals surface area contributed by atoms with Crippen molar-refractivity contribution < 1.29 is 18.3 Å². The maximum Gasteiger partial charge on any atom is 0.231 e. The number of hydrogen-bond acceptors (Lipinski definition) is 3. The maximum atomic E-state index is 13.5. The number of rotatable bonds is 4. The average molecular weight is 356 g/mol. The van der Waals surface area contributed by atoms with E-state index in [9.17, 15) is 8.78 Å². The minimum absolute atomic E-state index is 0.208. The average Bonchev–Trinajstić information content (AvgIpc) is 2.91. The predicted molar refractivity (Wildman–Crippen MR) is 77.2 cm³/mol. The molecule has 0 unspecified atom stereocenters. The molecule has 0 radical (unpaired) electrons. The fourth-order valence-corrected chi connectivity index (χ4v) is 2.75. The van der Waals surface area contributed by atoms with E-state index in [0.717, 1.165) is 22.2 Å². The zero-order valence-corrected chi connectivity index (χ0v) is 12.5. The third kappa shape index (κ3) is 3.16. The summed E-state index contributed by atoms with van der Waals surface area (Å²) in [7, 11) is 0. The molecule has 0 saturated carbocycles. The van der Waals surface area contributed by atoms with Gasteiger partial charge in [0.15, 0.2) is 11.5 Å². The van der Waals surface area contributed by atoms with E-state index in [0.29, 0.717) is 23.6 Å². The van der Waals surface area contributed by atoms with Gasteiger partial charge in [0.2, 0.25) is 6.79 Å². The Hall–Kier alpha value is -1.66. The highest BCUT2D eigenvalue weighted by Gasteiger charge is 2.17. The summed E-state index contributed by atoms with van der Waals surface area (Å²) in [6.07, 6.45) is 0. The van der Waals surface area contributed by atoms with Crippen LogP contribution < -0.4 is 14.8 Å². The van der Waals surface area contributed by atoms with Crippen molar-refractivity contribution in [1.82, 2.24) is 5.32 Å². The van der Waals surface area contributed by atoms with Gasteiger partial charge in [-0.1, -0.05) is 0 Å². The maximum absolute atomic E-state index is 13.5. The van der Waals surface area contributed by atoms with E-state index in [1.54, 1.807) is 0 Å². The van der Waals surface area contributed by atoms with Crippen LogP contribution in [0.4, 0.5) is 8.78 Å². The first kappa shape index (κ1) is 14.3. The summed E-state index contributed by atoms with van der Waals surface area (Å²) >= 11 is 3.41. The normalized spacial score (nSPS) is 12.7. The van der Waals surface area contributed by atoms with E-state index in [4.69, 9.17) is 9.47 Å². The van der Waals surface area contributed by atoms with Crippen LogP contribution in [0.25, 0.3) is 0 Å². The standard InChI is InChI=1S/C15H12BrF2NO2/c16-12-3-9(4-14-15(12)21-8-20-14)6-19-7-10-5-11(17)1-2-13(10)18/h1-5,19H,6-8H2. The van der Waals surface area contributed by atoms with Crippen LogP contribution in [0.1, 0.15) is 11.1 Å². The SMILES string of the molecule is Fc1ccc(F)c(CNCc2cc(Br)c3c(c2)OCO3)c1. The zero-order valence-electron chi connectivity index (χ0n) is 11.0. The van der Waals surface area contributed by atoms with Gasteiger partial charge < -0.3 is 14.8 Å². The Bertz CT molecular complexity index is 679. The predicted octanol–water partition coefficient (Wildman–Crippen LogP) is 3.75. The second-order valence-electron chi connectivity index (χ2n) is 4.65. The van der Waals surface area contributed by atoms with Crippen LogP contribution in [0.5, 0.6) is 11.5 Å². The topological polar surface area (TPSA) is 30.5 Å². The molecule has 21 heavy (non-hydrogen) atoms. The number of hydrogen-bond donors (Lipinski definition) is 1. The largest absolute Gasteiger partial charge is 0.454 e. The Morgan fingerprint density at radius 3 is 2.81 bits per heavy atom. The summed E-state index contributed by atoms with van der Waals surface area (Å²) in [6, 6.07) is 7.19. The molecule has 3 rings (SSSR count). The van der Waals surface area contributed by atoms with E-state index in [1.807, 2.05) is 12.1 Å². The van der Waals surface area contributed by atoms with Gasteiger partial charge >= 0.3 is 0 Å². The summed E-state index contributed by atoms with van der Waals surface area (Å²) in [6.45, 7) is 0.958. The first-order valence-corrected chi connectivity index (χ1v) is 7.15. The number of nitrogens with one attached hydrogen (secondary N) is 1. The molecule has 0 saturated heterocycles. The molecule has 0 bridgehead atoms. The van der Waals surface area contributed by atoms with Crippen molar-refractivity contribution >= 4 is 15.9 Å². The Morgan fingerprint density at radius 1 is 1.10 bits per heavy atom. The van der Waals surface area contributed by atoms with Crippen LogP contribution in [0.15, 0.2) is 34.8 Å².